The SMILES string of the molecule is CCn1ncnc1CNCc1cncs1. The van der Waals surface area contributed by atoms with Crippen LogP contribution in [0, 0.1) is 0 Å². The Kier molecular flexibility index (Phi) is 3.41. The van der Waals surface area contributed by atoms with Crippen molar-refractivity contribution >= 4 is 11.3 Å². The zero-order chi connectivity index (χ0) is 10.5. The fourth-order valence-corrected chi connectivity index (χ4v) is 1.88. The zero-order valence-corrected chi connectivity index (χ0v) is 9.37. The first kappa shape index (κ1) is 10.3. The van der Waals surface area contributed by atoms with Gasteiger partial charge in [-0.05, 0) is 6.92 Å². The first-order valence-electron chi connectivity index (χ1n) is 4.85. The third-order valence-corrected chi connectivity index (χ3v) is 2.84. The molecule has 6 heteroatoms. The molecule has 0 aromatic carbocycles. The number of aromatic nitrogens is 4. The van der Waals surface area contributed by atoms with Crippen LogP contribution < -0.4 is 5.32 Å². The van der Waals surface area contributed by atoms with Crippen LogP contribution in [0.25, 0.3) is 0 Å². The summed E-state index contributed by atoms with van der Waals surface area (Å²) in [6.07, 6.45) is 3.47. The first-order chi connectivity index (χ1) is 7.40. The molecule has 0 unspecified atom stereocenters. The van der Waals surface area contributed by atoms with Gasteiger partial charge in [0.1, 0.15) is 12.2 Å². The number of nitrogens with one attached hydrogen (secondary N) is 1. The van der Waals surface area contributed by atoms with Crippen molar-refractivity contribution in [3.05, 3.63) is 28.7 Å². The van der Waals surface area contributed by atoms with Crippen LogP contribution in [0.15, 0.2) is 18.0 Å². The van der Waals surface area contributed by atoms with Gasteiger partial charge in [0.05, 0.1) is 12.1 Å². The Morgan fingerprint density at radius 2 is 2.40 bits per heavy atom. The molecule has 2 aromatic rings. The number of hydrogen-bond donors (Lipinski definition) is 1. The van der Waals surface area contributed by atoms with Crippen LogP contribution in [0.1, 0.15) is 17.6 Å². The van der Waals surface area contributed by atoms with Crippen molar-refractivity contribution in [3.63, 3.8) is 0 Å². The van der Waals surface area contributed by atoms with Gasteiger partial charge in [-0.15, -0.1) is 11.3 Å². The van der Waals surface area contributed by atoms with Gasteiger partial charge in [0, 0.05) is 24.2 Å². The van der Waals surface area contributed by atoms with Crippen LogP contribution in [0.3, 0.4) is 0 Å². The van der Waals surface area contributed by atoms with E-state index < -0.39 is 0 Å². The topological polar surface area (TPSA) is 55.6 Å². The summed E-state index contributed by atoms with van der Waals surface area (Å²) in [6.45, 7) is 4.49. The normalized spacial score (nSPS) is 10.7. The highest BCUT2D eigenvalue weighted by molar-refractivity contribution is 7.09. The number of nitrogens with zero attached hydrogens (tertiary/aromatic N) is 4. The number of thiazole rings is 1. The summed E-state index contributed by atoms with van der Waals surface area (Å²) in [4.78, 5) is 9.43. The summed E-state index contributed by atoms with van der Waals surface area (Å²) in [5.74, 6) is 0.974. The summed E-state index contributed by atoms with van der Waals surface area (Å²) in [5.41, 5.74) is 1.84. The van der Waals surface area contributed by atoms with E-state index in [9.17, 15) is 0 Å². The molecule has 1 N–H and O–H groups in total. The lowest BCUT2D eigenvalue weighted by Gasteiger charge is -2.03. The van der Waals surface area contributed by atoms with E-state index in [1.807, 2.05) is 16.4 Å². The van der Waals surface area contributed by atoms with Gasteiger partial charge in [0.25, 0.3) is 0 Å². The van der Waals surface area contributed by atoms with Crippen molar-refractivity contribution in [1.82, 2.24) is 25.1 Å². The maximum atomic E-state index is 4.18. The van der Waals surface area contributed by atoms with Crippen LogP contribution in [0.2, 0.25) is 0 Å². The Morgan fingerprint density at radius 3 is 3.13 bits per heavy atom. The van der Waals surface area contributed by atoms with Gasteiger partial charge in [-0.3, -0.25) is 4.98 Å². The Hall–Kier alpha value is -1.27. The van der Waals surface area contributed by atoms with Crippen molar-refractivity contribution in [1.29, 1.82) is 0 Å². The van der Waals surface area contributed by atoms with Crippen molar-refractivity contribution in [2.45, 2.75) is 26.6 Å². The van der Waals surface area contributed by atoms with Crippen molar-refractivity contribution in [2.75, 3.05) is 0 Å². The van der Waals surface area contributed by atoms with Gasteiger partial charge in [-0.1, -0.05) is 0 Å². The number of rotatable bonds is 5. The van der Waals surface area contributed by atoms with Crippen LogP contribution in [-0.4, -0.2) is 19.7 Å². The molecule has 0 saturated carbocycles. The minimum Gasteiger partial charge on any atom is -0.305 e. The minimum atomic E-state index is 0.742. The molecular formula is C9H13N5S. The van der Waals surface area contributed by atoms with Crippen LogP contribution >= 0.6 is 11.3 Å². The molecule has 0 radical (unpaired) electrons. The molecule has 5 nitrogen and oxygen atoms in total. The average Bonchev–Trinajstić information content (AvgIpc) is 2.88. The van der Waals surface area contributed by atoms with E-state index in [0.29, 0.717) is 0 Å². The fourth-order valence-electron chi connectivity index (χ4n) is 1.32. The predicted molar refractivity (Wildman–Crippen MR) is 58.4 cm³/mol. The van der Waals surface area contributed by atoms with Crippen molar-refractivity contribution in [3.8, 4) is 0 Å². The van der Waals surface area contributed by atoms with Crippen LogP contribution in [0.5, 0.6) is 0 Å². The van der Waals surface area contributed by atoms with E-state index in [-0.39, 0.29) is 0 Å². The summed E-state index contributed by atoms with van der Waals surface area (Å²) in [7, 11) is 0. The fraction of sp³-hybridized carbons (Fsp3) is 0.444. The van der Waals surface area contributed by atoms with Gasteiger partial charge in [0.15, 0.2) is 0 Å². The van der Waals surface area contributed by atoms with Gasteiger partial charge < -0.3 is 5.32 Å². The highest BCUT2D eigenvalue weighted by Gasteiger charge is 2.01. The van der Waals surface area contributed by atoms with E-state index in [1.165, 1.54) is 4.88 Å². The Balaban J connectivity index is 1.83. The van der Waals surface area contributed by atoms with E-state index in [0.717, 1.165) is 25.5 Å². The third-order valence-electron chi connectivity index (χ3n) is 2.06. The Bertz CT molecular complexity index is 394. The van der Waals surface area contributed by atoms with E-state index in [1.54, 1.807) is 17.7 Å². The molecule has 0 amide bonds. The number of hydrogen-bond acceptors (Lipinski definition) is 5. The Labute approximate surface area is 92.2 Å². The molecule has 15 heavy (non-hydrogen) atoms. The lowest BCUT2D eigenvalue weighted by molar-refractivity contribution is 0.573. The molecule has 0 aliphatic heterocycles. The average molecular weight is 223 g/mol. The second kappa shape index (κ2) is 4.99. The summed E-state index contributed by atoms with van der Waals surface area (Å²) >= 11 is 1.65. The molecular weight excluding hydrogens is 210 g/mol. The predicted octanol–water partition coefficient (Wildman–Crippen LogP) is 1.04. The first-order valence-corrected chi connectivity index (χ1v) is 5.73. The van der Waals surface area contributed by atoms with Gasteiger partial charge in [0.2, 0.25) is 0 Å². The highest BCUT2D eigenvalue weighted by atomic mass is 32.1. The quantitative estimate of drug-likeness (QED) is 0.823. The second-order valence-electron chi connectivity index (χ2n) is 3.06. The molecule has 0 bridgehead atoms. The summed E-state index contributed by atoms with van der Waals surface area (Å²) < 4.78 is 1.89. The highest BCUT2D eigenvalue weighted by Crippen LogP contribution is 2.04. The third kappa shape index (κ3) is 2.60. The van der Waals surface area contributed by atoms with Gasteiger partial charge in [-0.2, -0.15) is 5.10 Å². The lowest BCUT2D eigenvalue weighted by atomic mass is 10.5. The second-order valence-corrected chi connectivity index (χ2v) is 4.03. The molecule has 0 aliphatic carbocycles. The standard InChI is InChI=1S/C9H13N5S/c1-2-14-9(12-6-13-14)5-10-3-8-4-11-7-15-8/h4,6-7,10H,2-3,5H2,1H3. The molecule has 0 fully saturated rings. The van der Waals surface area contributed by atoms with Crippen LogP contribution in [0.4, 0.5) is 0 Å². The lowest BCUT2D eigenvalue weighted by Crippen LogP contribution is -2.16. The molecule has 2 aromatic heterocycles. The molecule has 2 heterocycles. The maximum Gasteiger partial charge on any atom is 0.140 e. The largest absolute Gasteiger partial charge is 0.305 e. The Morgan fingerprint density at radius 1 is 1.47 bits per heavy atom. The molecule has 80 valence electrons. The van der Waals surface area contributed by atoms with Crippen molar-refractivity contribution in [2.24, 2.45) is 0 Å². The van der Waals surface area contributed by atoms with Crippen LogP contribution in [-0.2, 0) is 19.6 Å². The van der Waals surface area contributed by atoms with E-state index >= 15 is 0 Å². The van der Waals surface area contributed by atoms with Crippen molar-refractivity contribution < 1.29 is 0 Å². The summed E-state index contributed by atoms with van der Waals surface area (Å²) in [5, 5.41) is 7.42. The zero-order valence-electron chi connectivity index (χ0n) is 8.55. The van der Waals surface area contributed by atoms with Gasteiger partial charge >= 0.3 is 0 Å². The van der Waals surface area contributed by atoms with E-state index in [4.69, 9.17) is 0 Å². The minimum absolute atomic E-state index is 0.742. The molecule has 2 rings (SSSR count). The summed E-state index contributed by atoms with van der Waals surface area (Å²) in [6, 6.07) is 0. The smallest absolute Gasteiger partial charge is 0.140 e. The molecule has 0 saturated heterocycles. The molecule has 0 aliphatic rings. The number of aryl methyl sites for hydroxylation is 1. The molecule has 0 spiro atoms. The van der Waals surface area contributed by atoms with E-state index in [2.05, 4.69) is 27.3 Å². The monoisotopic (exact) mass is 223 g/mol. The maximum absolute atomic E-state index is 4.18. The molecule has 0 atom stereocenters. The van der Waals surface area contributed by atoms with Gasteiger partial charge in [-0.25, -0.2) is 9.67 Å².